The summed E-state index contributed by atoms with van der Waals surface area (Å²) in [7, 11) is 0. The molecule has 3 heterocycles. The number of hydrogen-bond donors (Lipinski definition) is 1. The molecule has 6 heteroatoms. The standard InChI is InChI=1S/C14H18N4OS/c1-3-10-6-7-11(20-10)14(19)15-9(2)13-17-16-12-5-4-8-18(12)13/h6-7,9H,3-5,8H2,1-2H3,(H,15,19)/t9-/m1/s1. The van der Waals surface area contributed by atoms with Crippen molar-refractivity contribution in [2.45, 2.75) is 45.7 Å². The van der Waals surface area contributed by atoms with Gasteiger partial charge in [0, 0.05) is 17.8 Å². The molecule has 0 saturated heterocycles. The largest absolute Gasteiger partial charge is 0.342 e. The Labute approximate surface area is 122 Å². The number of carbonyl (C=O) groups is 1. The van der Waals surface area contributed by atoms with E-state index in [-0.39, 0.29) is 11.9 Å². The number of rotatable bonds is 4. The maximum absolute atomic E-state index is 12.2. The van der Waals surface area contributed by atoms with Crippen LogP contribution in [0.2, 0.25) is 0 Å². The van der Waals surface area contributed by atoms with Gasteiger partial charge in [0.25, 0.3) is 5.91 Å². The molecule has 1 atom stereocenters. The second-order valence-electron chi connectivity index (χ2n) is 5.04. The number of fused-ring (bicyclic) bond motifs is 1. The van der Waals surface area contributed by atoms with Gasteiger partial charge >= 0.3 is 0 Å². The third-order valence-corrected chi connectivity index (χ3v) is 4.84. The quantitative estimate of drug-likeness (QED) is 0.940. The molecule has 0 unspecified atom stereocenters. The average Bonchev–Trinajstić information content (AvgIpc) is 3.14. The van der Waals surface area contributed by atoms with Crippen molar-refractivity contribution < 1.29 is 4.79 Å². The molecule has 0 bridgehead atoms. The van der Waals surface area contributed by atoms with E-state index in [9.17, 15) is 4.79 Å². The Morgan fingerprint density at radius 1 is 1.50 bits per heavy atom. The summed E-state index contributed by atoms with van der Waals surface area (Å²) in [5, 5.41) is 11.4. The van der Waals surface area contributed by atoms with Crippen LogP contribution in [0.15, 0.2) is 12.1 Å². The molecule has 1 N–H and O–H groups in total. The minimum atomic E-state index is -0.117. The molecule has 0 radical (unpaired) electrons. The van der Waals surface area contributed by atoms with Crippen molar-refractivity contribution in [1.29, 1.82) is 0 Å². The minimum absolute atomic E-state index is 0.0300. The van der Waals surface area contributed by atoms with Gasteiger partial charge in [0.15, 0.2) is 5.82 Å². The van der Waals surface area contributed by atoms with E-state index in [0.717, 1.165) is 42.3 Å². The lowest BCUT2D eigenvalue weighted by Crippen LogP contribution is -2.28. The van der Waals surface area contributed by atoms with Crippen LogP contribution in [0, 0.1) is 0 Å². The van der Waals surface area contributed by atoms with Gasteiger partial charge in [-0.05, 0) is 31.9 Å². The van der Waals surface area contributed by atoms with Crippen molar-refractivity contribution in [3.63, 3.8) is 0 Å². The first kappa shape index (κ1) is 13.3. The lowest BCUT2D eigenvalue weighted by Gasteiger charge is -2.13. The first-order valence-electron chi connectivity index (χ1n) is 7.00. The third-order valence-electron chi connectivity index (χ3n) is 3.61. The second kappa shape index (κ2) is 5.36. The molecule has 3 rings (SSSR count). The van der Waals surface area contributed by atoms with Crippen LogP contribution in [0.3, 0.4) is 0 Å². The van der Waals surface area contributed by atoms with Crippen molar-refractivity contribution in [3.8, 4) is 0 Å². The predicted octanol–water partition coefficient (Wildman–Crippen LogP) is 2.34. The molecule has 2 aromatic rings. The van der Waals surface area contributed by atoms with Crippen LogP contribution in [0.25, 0.3) is 0 Å². The predicted molar refractivity (Wildman–Crippen MR) is 77.9 cm³/mol. The molecule has 5 nitrogen and oxygen atoms in total. The number of hydrogen-bond acceptors (Lipinski definition) is 4. The van der Waals surface area contributed by atoms with Gasteiger partial charge in [-0.15, -0.1) is 21.5 Å². The fraction of sp³-hybridized carbons (Fsp3) is 0.500. The first-order chi connectivity index (χ1) is 9.69. The van der Waals surface area contributed by atoms with Gasteiger partial charge in [-0.1, -0.05) is 6.92 Å². The fourth-order valence-electron chi connectivity index (χ4n) is 2.52. The molecular formula is C14H18N4OS. The maximum Gasteiger partial charge on any atom is 0.261 e. The Morgan fingerprint density at radius 3 is 3.10 bits per heavy atom. The van der Waals surface area contributed by atoms with Crippen LogP contribution in [0.5, 0.6) is 0 Å². The van der Waals surface area contributed by atoms with E-state index in [1.54, 1.807) is 11.3 Å². The Kier molecular flexibility index (Phi) is 3.56. The zero-order valence-electron chi connectivity index (χ0n) is 11.7. The van der Waals surface area contributed by atoms with E-state index < -0.39 is 0 Å². The van der Waals surface area contributed by atoms with E-state index in [1.165, 1.54) is 4.88 Å². The van der Waals surface area contributed by atoms with E-state index in [4.69, 9.17) is 0 Å². The summed E-state index contributed by atoms with van der Waals surface area (Å²) in [6.45, 7) is 5.01. The number of aryl methyl sites for hydroxylation is 2. The van der Waals surface area contributed by atoms with E-state index in [0.29, 0.717) is 0 Å². The summed E-state index contributed by atoms with van der Waals surface area (Å²) in [5.41, 5.74) is 0. The average molecular weight is 290 g/mol. The van der Waals surface area contributed by atoms with Crippen molar-refractivity contribution in [3.05, 3.63) is 33.5 Å². The van der Waals surface area contributed by atoms with Crippen LogP contribution in [0.1, 0.15) is 52.5 Å². The number of nitrogens with one attached hydrogen (secondary N) is 1. The monoisotopic (exact) mass is 290 g/mol. The lowest BCUT2D eigenvalue weighted by molar-refractivity contribution is 0.0941. The second-order valence-corrected chi connectivity index (χ2v) is 6.21. The van der Waals surface area contributed by atoms with Crippen molar-refractivity contribution in [1.82, 2.24) is 20.1 Å². The van der Waals surface area contributed by atoms with Crippen LogP contribution in [0.4, 0.5) is 0 Å². The molecule has 20 heavy (non-hydrogen) atoms. The van der Waals surface area contributed by atoms with Crippen molar-refractivity contribution in [2.24, 2.45) is 0 Å². The van der Waals surface area contributed by atoms with Gasteiger partial charge in [0.05, 0.1) is 10.9 Å². The van der Waals surface area contributed by atoms with Crippen molar-refractivity contribution in [2.75, 3.05) is 0 Å². The summed E-state index contributed by atoms with van der Waals surface area (Å²) in [6.07, 6.45) is 3.06. The molecule has 2 aromatic heterocycles. The van der Waals surface area contributed by atoms with Crippen LogP contribution in [-0.2, 0) is 19.4 Å². The summed E-state index contributed by atoms with van der Waals surface area (Å²) in [4.78, 5) is 14.2. The SMILES string of the molecule is CCc1ccc(C(=O)N[C@H](C)c2nnc3n2CCC3)s1. The Bertz CT molecular complexity index is 631. The van der Waals surface area contributed by atoms with E-state index >= 15 is 0 Å². The van der Waals surface area contributed by atoms with Gasteiger partial charge in [-0.2, -0.15) is 0 Å². The normalized spacial score (nSPS) is 15.1. The Morgan fingerprint density at radius 2 is 2.35 bits per heavy atom. The molecule has 0 aliphatic carbocycles. The molecule has 1 aliphatic heterocycles. The highest BCUT2D eigenvalue weighted by Gasteiger charge is 2.23. The lowest BCUT2D eigenvalue weighted by atomic mass is 10.3. The summed E-state index contributed by atoms with van der Waals surface area (Å²) in [5.74, 6) is 1.86. The third kappa shape index (κ3) is 2.35. The smallest absolute Gasteiger partial charge is 0.261 e. The molecule has 0 aromatic carbocycles. The summed E-state index contributed by atoms with van der Waals surface area (Å²) < 4.78 is 2.12. The number of thiophene rings is 1. The Hall–Kier alpha value is -1.69. The summed E-state index contributed by atoms with van der Waals surface area (Å²) >= 11 is 1.55. The zero-order valence-corrected chi connectivity index (χ0v) is 12.5. The number of aromatic nitrogens is 3. The van der Waals surface area contributed by atoms with Crippen LogP contribution in [-0.4, -0.2) is 20.7 Å². The van der Waals surface area contributed by atoms with Crippen LogP contribution >= 0.6 is 11.3 Å². The van der Waals surface area contributed by atoms with Gasteiger partial charge in [-0.25, -0.2) is 0 Å². The molecule has 0 fully saturated rings. The van der Waals surface area contributed by atoms with Gasteiger partial charge in [-0.3, -0.25) is 4.79 Å². The Balaban J connectivity index is 1.72. The number of nitrogens with zero attached hydrogens (tertiary/aromatic N) is 3. The van der Waals surface area contributed by atoms with Gasteiger partial charge in [0.2, 0.25) is 0 Å². The minimum Gasteiger partial charge on any atom is -0.342 e. The topological polar surface area (TPSA) is 59.8 Å². The van der Waals surface area contributed by atoms with Gasteiger partial charge < -0.3 is 9.88 Å². The fourth-order valence-corrected chi connectivity index (χ4v) is 3.37. The zero-order chi connectivity index (χ0) is 14.1. The van der Waals surface area contributed by atoms with E-state index in [2.05, 4.69) is 27.0 Å². The number of amides is 1. The molecule has 1 amide bonds. The molecule has 0 saturated carbocycles. The van der Waals surface area contributed by atoms with Crippen molar-refractivity contribution >= 4 is 17.2 Å². The van der Waals surface area contributed by atoms with Gasteiger partial charge in [0.1, 0.15) is 5.82 Å². The molecular weight excluding hydrogens is 272 g/mol. The number of carbonyl (C=O) groups excluding carboxylic acids is 1. The summed E-state index contributed by atoms with van der Waals surface area (Å²) in [6, 6.07) is 3.78. The van der Waals surface area contributed by atoms with E-state index in [1.807, 2.05) is 19.1 Å². The maximum atomic E-state index is 12.2. The highest BCUT2D eigenvalue weighted by atomic mass is 32.1. The molecule has 0 spiro atoms. The highest BCUT2D eigenvalue weighted by Crippen LogP contribution is 2.21. The highest BCUT2D eigenvalue weighted by molar-refractivity contribution is 7.14. The molecule has 106 valence electrons. The molecule has 1 aliphatic rings. The van der Waals surface area contributed by atoms with Crippen LogP contribution < -0.4 is 5.32 Å². The first-order valence-corrected chi connectivity index (χ1v) is 7.82.